The molecule has 0 saturated carbocycles. The van der Waals surface area contributed by atoms with E-state index < -0.39 is 6.03 Å². The predicted octanol–water partition coefficient (Wildman–Crippen LogP) is 2.10. The highest BCUT2D eigenvalue weighted by atomic mass is 32.2. The van der Waals surface area contributed by atoms with Crippen LogP contribution in [0.4, 0.5) is 10.5 Å². The first kappa shape index (κ1) is 14.4. The Morgan fingerprint density at radius 3 is 2.85 bits per heavy atom. The average Bonchev–Trinajstić information content (AvgIpc) is 2.73. The molecule has 20 heavy (non-hydrogen) atoms. The molecule has 1 fully saturated rings. The monoisotopic (exact) mass is 293 g/mol. The minimum absolute atomic E-state index is 0.0602. The van der Waals surface area contributed by atoms with E-state index in [-0.39, 0.29) is 5.91 Å². The van der Waals surface area contributed by atoms with Gasteiger partial charge in [0.1, 0.15) is 5.75 Å². The van der Waals surface area contributed by atoms with E-state index in [1.807, 2.05) is 19.1 Å². The molecule has 0 spiro atoms. The Labute approximate surface area is 121 Å². The number of thioether (sulfide) groups is 1. The zero-order chi connectivity index (χ0) is 14.7. The summed E-state index contributed by atoms with van der Waals surface area (Å²) in [6, 6.07) is 4.94. The topological polar surface area (TPSA) is 71.0 Å². The van der Waals surface area contributed by atoms with Crippen LogP contribution < -0.4 is 10.1 Å². The lowest BCUT2D eigenvalue weighted by Gasteiger charge is -2.12. The molecule has 0 atom stereocenters. The molecule has 1 heterocycles. The number of hydrogen-bond acceptors (Lipinski definition) is 4. The first-order valence-corrected chi connectivity index (χ1v) is 6.94. The number of anilines is 1. The van der Waals surface area contributed by atoms with Crippen LogP contribution in [0.5, 0.6) is 5.75 Å². The molecule has 2 rings (SSSR count). The molecule has 6 nitrogen and oxygen atoms in total. The standard InChI is InChI=1S/C13H15N3O3S/c1-8-5-4-6-9(19-3)11(8)14-12(18)15-13-16(2)10(17)7-20-13/h4-6H,7H2,1-3H3,(H,14,18). The fourth-order valence-corrected chi connectivity index (χ4v) is 2.62. The molecule has 0 unspecified atom stereocenters. The highest BCUT2D eigenvalue weighted by molar-refractivity contribution is 8.15. The number of carbonyl (C=O) groups is 2. The first-order chi connectivity index (χ1) is 9.52. The van der Waals surface area contributed by atoms with Gasteiger partial charge in [-0.15, -0.1) is 0 Å². The quantitative estimate of drug-likeness (QED) is 0.906. The number of nitrogens with zero attached hydrogens (tertiary/aromatic N) is 2. The highest BCUT2D eigenvalue weighted by Crippen LogP contribution is 2.28. The lowest BCUT2D eigenvalue weighted by atomic mass is 10.2. The summed E-state index contributed by atoms with van der Waals surface area (Å²) in [7, 11) is 3.14. The summed E-state index contributed by atoms with van der Waals surface area (Å²) in [5.74, 6) is 0.827. The van der Waals surface area contributed by atoms with Crippen molar-refractivity contribution in [3.05, 3.63) is 23.8 Å². The van der Waals surface area contributed by atoms with E-state index in [2.05, 4.69) is 10.3 Å². The van der Waals surface area contributed by atoms with Crippen molar-refractivity contribution >= 4 is 34.6 Å². The number of amidine groups is 1. The van der Waals surface area contributed by atoms with E-state index in [0.717, 1.165) is 5.56 Å². The summed E-state index contributed by atoms with van der Waals surface area (Å²) in [6.45, 7) is 1.87. The molecular formula is C13H15N3O3S. The van der Waals surface area contributed by atoms with E-state index >= 15 is 0 Å². The Morgan fingerprint density at radius 1 is 1.50 bits per heavy atom. The fourth-order valence-electron chi connectivity index (χ4n) is 1.73. The normalized spacial score (nSPS) is 16.6. The van der Waals surface area contributed by atoms with Gasteiger partial charge in [-0.3, -0.25) is 9.69 Å². The second-order valence-corrected chi connectivity index (χ2v) is 5.16. The molecule has 0 aliphatic carbocycles. The fraction of sp³-hybridized carbons (Fsp3) is 0.308. The largest absolute Gasteiger partial charge is 0.495 e. The van der Waals surface area contributed by atoms with Gasteiger partial charge in [0.2, 0.25) is 5.91 Å². The molecule has 1 N–H and O–H groups in total. The van der Waals surface area contributed by atoms with Gasteiger partial charge in [0.05, 0.1) is 18.6 Å². The van der Waals surface area contributed by atoms with Crippen molar-refractivity contribution in [2.45, 2.75) is 6.92 Å². The van der Waals surface area contributed by atoms with Gasteiger partial charge in [0.15, 0.2) is 5.17 Å². The van der Waals surface area contributed by atoms with Crippen LogP contribution in [-0.2, 0) is 4.79 Å². The van der Waals surface area contributed by atoms with E-state index in [9.17, 15) is 9.59 Å². The van der Waals surface area contributed by atoms with Crippen molar-refractivity contribution in [2.24, 2.45) is 4.99 Å². The molecule has 106 valence electrons. The summed E-state index contributed by atoms with van der Waals surface area (Å²) >= 11 is 1.25. The summed E-state index contributed by atoms with van der Waals surface area (Å²) in [5.41, 5.74) is 1.46. The van der Waals surface area contributed by atoms with E-state index in [1.165, 1.54) is 23.8 Å². The number of ether oxygens (including phenoxy) is 1. The maximum atomic E-state index is 11.9. The SMILES string of the molecule is COc1cccc(C)c1NC(=O)N=C1SCC(=O)N1C. The number of nitrogens with one attached hydrogen (secondary N) is 1. The maximum Gasteiger partial charge on any atom is 0.347 e. The van der Waals surface area contributed by atoms with Crippen LogP contribution in [-0.4, -0.2) is 41.9 Å². The van der Waals surface area contributed by atoms with Crippen LogP contribution in [0.2, 0.25) is 0 Å². The molecule has 1 aromatic rings. The van der Waals surface area contributed by atoms with Crippen molar-refractivity contribution in [3.63, 3.8) is 0 Å². The van der Waals surface area contributed by atoms with Crippen LogP contribution >= 0.6 is 11.8 Å². The first-order valence-electron chi connectivity index (χ1n) is 5.95. The molecule has 1 aromatic carbocycles. The van der Waals surface area contributed by atoms with Crippen LogP contribution in [0.1, 0.15) is 5.56 Å². The van der Waals surface area contributed by atoms with Crippen molar-refractivity contribution < 1.29 is 14.3 Å². The summed E-state index contributed by atoms with van der Waals surface area (Å²) in [5, 5.41) is 3.09. The molecule has 7 heteroatoms. The number of aliphatic imine (C=N–C) groups is 1. The van der Waals surface area contributed by atoms with Crippen LogP contribution in [0.3, 0.4) is 0 Å². The Hall–Kier alpha value is -2.02. The van der Waals surface area contributed by atoms with Gasteiger partial charge < -0.3 is 10.1 Å². The molecule has 0 bridgehead atoms. The third-order valence-electron chi connectivity index (χ3n) is 2.87. The number of hydrogen-bond donors (Lipinski definition) is 1. The minimum Gasteiger partial charge on any atom is -0.495 e. The number of urea groups is 1. The van der Waals surface area contributed by atoms with Crippen molar-refractivity contribution in [2.75, 3.05) is 25.2 Å². The summed E-state index contributed by atoms with van der Waals surface area (Å²) < 4.78 is 5.20. The van der Waals surface area contributed by atoms with Crippen LogP contribution in [0, 0.1) is 6.92 Å². The smallest absolute Gasteiger partial charge is 0.347 e. The van der Waals surface area contributed by atoms with Crippen LogP contribution in [0.25, 0.3) is 0 Å². The van der Waals surface area contributed by atoms with Crippen molar-refractivity contribution in [1.29, 1.82) is 0 Å². The Bertz CT molecular complexity index is 586. The summed E-state index contributed by atoms with van der Waals surface area (Å²) in [4.78, 5) is 28.6. The van der Waals surface area contributed by atoms with E-state index in [0.29, 0.717) is 22.4 Å². The predicted molar refractivity (Wildman–Crippen MR) is 79.4 cm³/mol. The Morgan fingerprint density at radius 2 is 2.25 bits per heavy atom. The van der Waals surface area contributed by atoms with Crippen molar-refractivity contribution in [3.8, 4) is 5.75 Å². The Kier molecular flexibility index (Phi) is 4.29. The number of methoxy groups -OCH3 is 1. The van der Waals surface area contributed by atoms with Gasteiger partial charge in [-0.2, -0.15) is 4.99 Å². The van der Waals surface area contributed by atoms with Gasteiger partial charge >= 0.3 is 6.03 Å². The van der Waals surface area contributed by atoms with E-state index in [1.54, 1.807) is 13.1 Å². The molecule has 1 saturated heterocycles. The lowest BCUT2D eigenvalue weighted by molar-refractivity contribution is -0.123. The van der Waals surface area contributed by atoms with Crippen LogP contribution in [0.15, 0.2) is 23.2 Å². The van der Waals surface area contributed by atoms with Gasteiger partial charge in [-0.25, -0.2) is 4.79 Å². The molecule has 0 aromatic heterocycles. The zero-order valence-corrected chi connectivity index (χ0v) is 12.3. The van der Waals surface area contributed by atoms with Gasteiger partial charge in [-0.05, 0) is 18.6 Å². The zero-order valence-electron chi connectivity index (χ0n) is 11.5. The Balaban J connectivity index is 2.17. The molecule has 0 radical (unpaired) electrons. The number of benzene rings is 1. The number of para-hydroxylation sites is 1. The molecule has 1 aliphatic heterocycles. The number of aryl methyl sites for hydroxylation is 1. The highest BCUT2D eigenvalue weighted by Gasteiger charge is 2.25. The van der Waals surface area contributed by atoms with Gasteiger partial charge in [0.25, 0.3) is 0 Å². The maximum absolute atomic E-state index is 11.9. The molecular weight excluding hydrogens is 278 g/mol. The van der Waals surface area contributed by atoms with Crippen molar-refractivity contribution in [1.82, 2.24) is 4.90 Å². The summed E-state index contributed by atoms with van der Waals surface area (Å²) in [6.07, 6.45) is 0. The third-order valence-corrected chi connectivity index (χ3v) is 3.88. The molecule has 1 aliphatic rings. The number of carbonyl (C=O) groups excluding carboxylic acids is 2. The lowest BCUT2D eigenvalue weighted by Crippen LogP contribution is -2.25. The van der Waals surface area contributed by atoms with E-state index in [4.69, 9.17) is 4.74 Å². The molecule has 3 amide bonds. The average molecular weight is 293 g/mol. The second-order valence-electron chi connectivity index (χ2n) is 4.22. The minimum atomic E-state index is -0.526. The second kappa shape index (κ2) is 5.96. The number of rotatable bonds is 2. The van der Waals surface area contributed by atoms with Gasteiger partial charge in [-0.1, -0.05) is 23.9 Å². The van der Waals surface area contributed by atoms with Gasteiger partial charge in [0, 0.05) is 7.05 Å². The third kappa shape index (κ3) is 2.93. The number of amides is 3.